The molecule has 0 radical (unpaired) electrons. The molecule has 4 heterocycles. The number of pyridine rings is 1. The summed E-state index contributed by atoms with van der Waals surface area (Å²) in [5.41, 5.74) is 2.96. The van der Waals surface area contributed by atoms with Crippen molar-refractivity contribution in [1.82, 2.24) is 24.5 Å². The second-order valence-corrected chi connectivity index (χ2v) is 8.46. The highest BCUT2D eigenvalue weighted by Crippen LogP contribution is 2.34. The fourth-order valence-corrected chi connectivity index (χ4v) is 4.59. The molecule has 1 aromatic carbocycles. The van der Waals surface area contributed by atoms with Gasteiger partial charge in [0.15, 0.2) is 0 Å². The zero-order valence-electron chi connectivity index (χ0n) is 17.2. The third-order valence-electron chi connectivity index (χ3n) is 5.04. The van der Waals surface area contributed by atoms with Gasteiger partial charge in [-0.2, -0.15) is 0 Å². The maximum Gasteiger partial charge on any atom is 0.130 e. The highest BCUT2D eigenvalue weighted by molar-refractivity contribution is 7.22. The fourth-order valence-electron chi connectivity index (χ4n) is 3.54. The van der Waals surface area contributed by atoms with E-state index >= 15 is 0 Å². The topological polar surface area (TPSA) is 68.5 Å². The molecule has 31 heavy (non-hydrogen) atoms. The number of rotatable bonds is 7. The van der Waals surface area contributed by atoms with Gasteiger partial charge in [-0.3, -0.25) is 4.98 Å². The fraction of sp³-hybridized carbons (Fsp3) is 0.167. The number of imidazole rings is 1. The number of aryl methyl sites for hydroxylation is 2. The number of hydrogen-bond donors (Lipinski definition) is 1. The molecule has 0 atom stereocenters. The predicted octanol–water partition coefficient (Wildman–Crippen LogP) is 5.43. The van der Waals surface area contributed by atoms with Crippen LogP contribution >= 0.6 is 11.3 Å². The molecule has 6 nitrogen and oxygen atoms in total. The molecule has 1 N–H and O–H groups in total. The summed E-state index contributed by atoms with van der Waals surface area (Å²) in [6.45, 7) is 3.67. The van der Waals surface area contributed by atoms with Crippen LogP contribution in [-0.2, 0) is 6.54 Å². The lowest BCUT2D eigenvalue weighted by atomic mass is 10.1. The van der Waals surface area contributed by atoms with Crippen LogP contribution < -0.4 is 5.32 Å². The average molecular weight is 427 g/mol. The molecule has 4 aromatic heterocycles. The van der Waals surface area contributed by atoms with Gasteiger partial charge in [0, 0.05) is 64.6 Å². The van der Waals surface area contributed by atoms with Crippen LogP contribution in [0.1, 0.15) is 12.2 Å². The summed E-state index contributed by atoms with van der Waals surface area (Å²) in [6.07, 6.45) is 10.4. The predicted molar refractivity (Wildman–Crippen MR) is 126 cm³/mol. The molecule has 0 aliphatic heterocycles. The van der Waals surface area contributed by atoms with Gasteiger partial charge in [0.1, 0.15) is 11.6 Å². The normalized spacial score (nSPS) is 11.1. The van der Waals surface area contributed by atoms with Crippen molar-refractivity contribution in [1.29, 1.82) is 0 Å². The van der Waals surface area contributed by atoms with E-state index in [0.29, 0.717) is 0 Å². The third kappa shape index (κ3) is 4.46. The van der Waals surface area contributed by atoms with Crippen LogP contribution in [0.25, 0.3) is 31.8 Å². The van der Waals surface area contributed by atoms with E-state index < -0.39 is 0 Å². The van der Waals surface area contributed by atoms with Crippen molar-refractivity contribution >= 4 is 27.2 Å². The summed E-state index contributed by atoms with van der Waals surface area (Å²) in [7, 11) is 0. The number of thiophene rings is 1. The highest BCUT2D eigenvalue weighted by atomic mass is 32.1. The minimum Gasteiger partial charge on any atom is -0.370 e. The van der Waals surface area contributed by atoms with Crippen LogP contribution in [0.2, 0.25) is 0 Å². The van der Waals surface area contributed by atoms with Crippen molar-refractivity contribution in [3.05, 3.63) is 79.4 Å². The van der Waals surface area contributed by atoms with Crippen molar-refractivity contribution in [3.8, 4) is 21.7 Å². The summed E-state index contributed by atoms with van der Waals surface area (Å²) in [5, 5.41) is 4.68. The molecule has 0 spiro atoms. The second kappa shape index (κ2) is 8.65. The first kappa shape index (κ1) is 19.4. The van der Waals surface area contributed by atoms with E-state index in [-0.39, 0.29) is 0 Å². The van der Waals surface area contributed by atoms with Crippen molar-refractivity contribution in [3.63, 3.8) is 0 Å². The maximum absolute atomic E-state index is 4.65. The van der Waals surface area contributed by atoms with Crippen LogP contribution in [0.15, 0.2) is 73.6 Å². The molecule has 0 unspecified atom stereocenters. The van der Waals surface area contributed by atoms with Gasteiger partial charge in [0.05, 0.1) is 12.0 Å². The SMILES string of the molecule is Cc1nc(NCCCn2ccnc2)cc(-c2cncc(-c3cc4ccccc4s3)c2)n1. The molecule has 0 saturated heterocycles. The Balaban J connectivity index is 1.35. The number of aromatic nitrogens is 5. The molecule has 0 fully saturated rings. The van der Waals surface area contributed by atoms with Crippen molar-refractivity contribution in [2.24, 2.45) is 0 Å². The largest absolute Gasteiger partial charge is 0.370 e. The second-order valence-electron chi connectivity index (χ2n) is 7.38. The van der Waals surface area contributed by atoms with E-state index in [4.69, 9.17) is 0 Å². The summed E-state index contributed by atoms with van der Waals surface area (Å²) in [6, 6.07) is 14.8. The molecule has 0 saturated carbocycles. The standard InChI is InChI=1S/C24H22N6S/c1-17-28-21(13-24(29-17)27-7-4-9-30-10-8-25-16-30)19-11-20(15-26-14-19)23-12-18-5-2-3-6-22(18)31-23/h2-3,5-6,8,10-16H,4,7,9H2,1H3,(H,27,28,29). The number of hydrogen-bond acceptors (Lipinski definition) is 6. The zero-order valence-corrected chi connectivity index (χ0v) is 18.0. The highest BCUT2D eigenvalue weighted by Gasteiger charge is 2.09. The molecule has 154 valence electrons. The Morgan fingerprint density at radius 1 is 1.00 bits per heavy atom. The number of fused-ring (bicyclic) bond motifs is 1. The zero-order chi connectivity index (χ0) is 21.0. The minimum absolute atomic E-state index is 0.738. The van der Waals surface area contributed by atoms with Crippen LogP contribution in [-0.4, -0.2) is 31.0 Å². The van der Waals surface area contributed by atoms with Gasteiger partial charge in [-0.05, 0) is 36.9 Å². The molecule has 7 heteroatoms. The first-order valence-electron chi connectivity index (χ1n) is 10.2. The molecule has 0 amide bonds. The van der Waals surface area contributed by atoms with Gasteiger partial charge >= 0.3 is 0 Å². The van der Waals surface area contributed by atoms with Crippen LogP contribution in [0.3, 0.4) is 0 Å². The first-order chi connectivity index (χ1) is 15.2. The first-order valence-corrected chi connectivity index (χ1v) is 11.1. The number of anilines is 1. The monoisotopic (exact) mass is 426 g/mol. The summed E-state index contributed by atoms with van der Waals surface area (Å²) < 4.78 is 3.35. The lowest BCUT2D eigenvalue weighted by Gasteiger charge is -2.09. The van der Waals surface area contributed by atoms with Crippen molar-refractivity contribution in [2.75, 3.05) is 11.9 Å². The molecule has 5 rings (SSSR count). The Morgan fingerprint density at radius 2 is 1.90 bits per heavy atom. The van der Waals surface area contributed by atoms with Gasteiger partial charge in [-0.1, -0.05) is 18.2 Å². The lowest BCUT2D eigenvalue weighted by molar-refractivity contribution is 0.660. The van der Waals surface area contributed by atoms with E-state index in [1.165, 1.54) is 15.0 Å². The number of nitrogens with zero attached hydrogens (tertiary/aromatic N) is 5. The van der Waals surface area contributed by atoms with Gasteiger partial charge in [0.2, 0.25) is 0 Å². The van der Waals surface area contributed by atoms with E-state index in [2.05, 4.69) is 66.2 Å². The van der Waals surface area contributed by atoms with Gasteiger partial charge in [0.25, 0.3) is 0 Å². The molecule has 0 aliphatic carbocycles. The molecule has 0 aliphatic rings. The summed E-state index contributed by atoms with van der Waals surface area (Å²) in [5.74, 6) is 1.57. The van der Waals surface area contributed by atoms with Crippen LogP contribution in [0.4, 0.5) is 5.82 Å². The Labute approximate surface area is 184 Å². The molecule has 0 bridgehead atoms. The number of benzene rings is 1. The van der Waals surface area contributed by atoms with Gasteiger partial charge in [-0.15, -0.1) is 11.3 Å². The molecular weight excluding hydrogens is 404 g/mol. The van der Waals surface area contributed by atoms with E-state index in [1.54, 1.807) is 17.5 Å². The summed E-state index contributed by atoms with van der Waals surface area (Å²) >= 11 is 1.78. The van der Waals surface area contributed by atoms with E-state index in [0.717, 1.165) is 48.0 Å². The third-order valence-corrected chi connectivity index (χ3v) is 6.21. The minimum atomic E-state index is 0.738. The summed E-state index contributed by atoms with van der Waals surface area (Å²) in [4.78, 5) is 19.0. The van der Waals surface area contributed by atoms with Crippen molar-refractivity contribution in [2.45, 2.75) is 19.9 Å². The Bertz CT molecular complexity index is 1280. The van der Waals surface area contributed by atoms with Gasteiger partial charge < -0.3 is 9.88 Å². The smallest absolute Gasteiger partial charge is 0.130 e. The van der Waals surface area contributed by atoms with Crippen LogP contribution in [0, 0.1) is 6.92 Å². The van der Waals surface area contributed by atoms with Crippen LogP contribution in [0.5, 0.6) is 0 Å². The Morgan fingerprint density at radius 3 is 2.77 bits per heavy atom. The Kier molecular flexibility index (Phi) is 5.41. The maximum atomic E-state index is 4.65. The quantitative estimate of drug-likeness (QED) is 0.352. The lowest BCUT2D eigenvalue weighted by Crippen LogP contribution is -2.08. The van der Waals surface area contributed by atoms with E-state index in [1.807, 2.05) is 37.9 Å². The van der Waals surface area contributed by atoms with Crippen molar-refractivity contribution < 1.29 is 0 Å². The Hall–Kier alpha value is -3.58. The average Bonchev–Trinajstić information content (AvgIpc) is 3.46. The number of nitrogens with one attached hydrogen (secondary N) is 1. The molecule has 5 aromatic rings. The molecular formula is C24H22N6S. The van der Waals surface area contributed by atoms with Gasteiger partial charge in [-0.25, -0.2) is 15.0 Å². The van der Waals surface area contributed by atoms with E-state index in [9.17, 15) is 0 Å².